The predicted octanol–water partition coefficient (Wildman–Crippen LogP) is 7.33. The van der Waals surface area contributed by atoms with E-state index < -0.39 is 5.97 Å². The molecule has 0 spiro atoms. The van der Waals surface area contributed by atoms with Crippen molar-refractivity contribution in [1.29, 1.82) is 0 Å². The van der Waals surface area contributed by atoms with Crippen molar-refractivity contribution < 1.29 is 14.6 Å². The minimum Gasteiger partial charge on any atom is -0.482 e. The van der Waals surface area contributed by atoms with Gasteiger partial charge in [0.2, 0.25) is 0 Å². The lowest BCUT2D eigenvalue weighted by Crippen LogP contribution is -2.10. The second kappa shape index (κ2) is 10.5. The van der Waals surface area contributed by atoms with Gasteiger partial charge in [-0.1, -0.05) is 81.8 Å². The Labute approximate surface area is 186 Å². The summed E-state index contributed by atoms with van der Waals surface area (Å²) in [6.45, 7) is 8.47. The summed E-state index contributed by atoms with van der Waals surface area (Å²) in [5.41, 5.74) is 3.82. The quantitative estimate of drug-likeness (QED) is 0.472. The molecule has 3 aromatic carbocycles. The van der Waals surface area contributed by atoms with E-state index in [4.69, 9.17) is 9.84 Å². The molecule has 1 fully saturated rings. The Morgan fingerprint density at radius 2 is 1.81 bits per heavy atom. The summed E-state index contributed by atoms with van der Waals surface area (Å²) >= 11 is 0. The van der Waals surface area contributed by atoms with Gasteiger partial charge >= 0.3 is 5.97 Å². The molecule has 1 saturated carbocycles. The van der Waals surface area contributed by atoms with E-state index in [9.17, 15) is 4.79 Å². The first-order valence-corrected chi connectivity index (χ1v) is 11.3. The van der Waals surface area contributed by atoms with E-state index in [0.717, 1.165) is 11.5 Å². The molecule has 2 atom stereocenters. The predicted molar refractivity (Wildman–Crippen MR) is 128 cm³/mol. The molecule has 0 aliphatic heterocycles. The van der Waals surface area contributed by atoms with Crippen LogP contribution in [-0.2, 0) is 4.79 Å². The third-order valence-corrected chi connectivity index (χ3v) is 6.16. The molecule has 1 N–H and O–H groups in total. The van der Waals surface area contributed by atoms with Gasteiger partial charge in [0.15, 0.2) is 6.61 Å². The molecule has 3 heteroatoms. The van der Waals surface area contributed by atoms with Crippen molar-refractivity contribution in [2.75, 3.05) is 6.61 Å². The summed E-state index contributed by atoms with van der Waals surface area (Å²) in [4.78, 5) is 10.5. The number of fused-ring (bicyclic) bond motifs is 1. The molecule has 3 nitrogen and oxygen atoms in total. The van der Waals surface area contributed by atoms with Crippen LogP contribution in [0.1, 0.15) is 68.6 Å². The normalized spacial score (nSPS) is 18.0. The number of carbonyl (C=O) groups is 1. The largest absolute Gasteiger partial charge is 0.482 e. The average molecular weight is 419 g/mol. The molecular formula is C28H34O3. The summed E-state index contributed by atoms with van der Waals surface area (Å²) in [6.07, 6.45) is 3.83. The molecule has 164 valence electrons. The van der Waals surface area contributed by atoms with E-state index in [1.165, 1.54) is 41.2 Å². The van der Waals surface area contributed by atoms with E-state index in [2.05, 4.69) is 75.4 Å². The van der Waals surface area contributed by atoms with Crippen molar-refractivity contribution in [2.24, 2.45) is 5.92 Å². The maximum atomic E-state index is 10.5. The van der Waals surface area contributed by atoms with Crippen molar-refractivity contribution in [2.45, 2.75) is 58.8 Å². The Morgan fingerprint density at radius 3 is 2.45 bits per heavy atom. The summed E-state index contributed by atoms with van der Waals surface area (Å²) < 4.78 is 5.24. The molecule has 0 saturated heterocycles. The number of hydrogen-bond acceptors (Lipinski definition) is 2. The first kappa shape index (κ1) is 22.9. The fourth-order valence-corrected chi connectivity index (χ4v) is 4.49. The lowest BCUT2D eigenvalue weighted by atomic mass is 9.95. The van der Waals surface area contributed by atoms with Crippen molar-refractivity contribution in [3.8, 4) is 5.75 Å². The van der Waals surface area contributed by atoms with Gasteiger partial charge in [0, 0.05) is 0 Å². The Morgan fingerprint density at radius 1 is 1.06 bits per heavy atom. The Kier molecular flexibility index (Phi) is 7.73. The number of benzene rings is 3. The van der Waals surface area contributed by atoms with Crippen LogP contribution in [-0.4, -0.2) is 17.7 Å². The van der Waals surface area contributed by atoms with Gasteiger partial charge < -0.3 is 9.84 Å². The Balaban J connectivity index is 0.000000185. The van der Waals surface area contributed by atoms with Crippen LogP contribution in [0.25, 0.3) is 10.8 Å². The second-order valence-electron chi connectivity index (χ2n) is 9.05. The topological polar surface area (TPSA) is 46.5 Å². The molecule has 0 aromatic heterocycles. The van der Waals surface area contributed by atoms with Crippen LogP contribution < -0.4 is 4.74 Å². The van der Waals surface area contributed by atoms with Crippen LogP contribution >= 0.6 is 0 Å². The number of ether oxygens (including phenoxy) is 1. The van der Waals surface area contributed by atoms with Crippen molar-refractivity contribution in [3.63, 3.8) is 0 Å². The maximum absolute atomic E-state index is 10.5. The van der Waals surface area contributed by atoms with Crippen LogP contribution in [0, 0.1) is 12.8 Å². The minimum absolute atomic E-state index is 0.277. The second-order valence-corrected chi connectivity index (χ2v) is 9.05. The van der Waals surface area contributed by atoms with Crippen LogP contribution in [0.2, 0.25) is 0 Å². The van der Waals surface area contributed by atoms with E-state index >= 15 is 0 Å². The molecule has 3 aromatic rings. The van der Waals surface area contributed by atoms with Crippen LogP contribution in [0.15, 0.2) is 60.7 Å². The van der Waals surface area contributed by atoms with E-state index in [0.29, 0.717) is 17.6 Å². The molecule has 1 aliphatic carbocycles. The van der Waals surface area contributed by atoms with Gasteiger partial charge in [-0.2, -0.15) is 0 Å². The lowest BCUT2D eigenvalue weighted by Gasteiger charge is -2.13. The highest BCUT2D eigenvalue weighted by Crippen LogP contribution is 2.39. The first-order chi connectivity index (χ1) is 14.8. The van der Waals surface area contributed by atoms with Crippen molar-refractivity contribution >= 4 is 16.7 Å². The number of aliphatic carboxylic acids is 1. The SMILES string of the molecule is CC(C)c1cccc2ccccc12.Cc1cc(C2CC[C@H](C)C2)ccc1OCC(=O)O. The van der Waals surface area contributed by atoms with Crippen LogP contribution in [0.5, 0.6) is 5.75 Å². The molecule has 1 unspecified atom stereocenters. The molecule has 31 heavy (non-hydrogen) atoms. The number of carboxylic acids is 1. The van der Waals surface area contributed by atoms with Crippen molar-refractivity contribution in [1.82, 2.24) is 0 Å². The summed E-state index contributed by atoms with van der Waals surface area (Å²) in [5, 5.41) is 11.3. The number of aryl methyl sites for hydroxylation is 1. The van der Waals surface area contributed by atoms with Crippen molar-refractivity contribution in [3.05, 3.63) is 77.4 Å². The first-order valence-electron chi connectivity index (χ1n) is 11.3. The van der Waals surface area contributed by atoms with Gasteiger partial charge in [0.05, 0.1) is 0 Å². The summed E-state index contributed by atoms with van der Waals surface area (Å²) in [6, 6.07) is 21.2. The zero-order valence-electron chi connectivity index (χ0n) is 19.1. The summed E-state index contributed by atoms with van der Waals surface area (Å²) in [5.74, 6) is 1.81. The van der Waals surface area contributed by atoms with Gasteiger partial charge in [0.1, 0.15) is 5.75 Å². The van der Waals surface area contributed by atoms with Gasteiger partial charge in [-0.15, -0.1) is 0 Å². The van der Waals surface area contributed by atoms with Gasteiger partial charge in [-0.3, -0.25) is 0 Å². The highest BCUT2D eigenvalue weighted by Gasteiger charge is 2.23. The Bertz CT molecular complexity index is 1020. The van der Waals surface area contributed by atoms with Crippen LogP contribution in [0.4, 0.5) is 0 Å². The third kappa shape index (κ3) is 6.10. The third-order valence-electron chi connectivity index (χ3n) is 6.16. The molecule has 0 bridgehead atoms. The number of carboxylic acid groups (broad SMARTS) is 1. The number of rotatable bonds is 5. The fraction of sp³-hybridized carbons (Fsp3) is 0.393. The fourth-order valence-electron chi connectivity index (χ4n) is 4.49. The van der Waals surface area contributed by atoms with Gasteiger partial charge in [0.25, 0.3) is 0 Å². The number of hydrogen-bond donors (Lipinski definition) is 1. The molecule has 0 heterocycles. The van der Waals surface area contributed by atoms with Gasteiger partial charge in [-0.05, 0) is 71.0 Å². The molecular weight excluding hydrogens is 384 g/mol. The highest BCUT2D eigenvalue weighted by atomic mass is 16.5. The minimum atomic E-state index is -0.942. The molecule has 0 amide bonds. The maximum Gasteiger partial charge on any atom is 0.341 e. The molecule has 0 radical (unpaired) electrons. The standard InChI is InChI=1S/C15H20O3.C13H14/c1-10-3-4-12(7-10)13-5-6-14(11(2)8-13)18-9-15(16)17;1-10(2)12-9-5-7-11-6-3-4-8-13(11)12/h5-6,8,10,12H,3-4,7,9H2,1-2H3,(H,16,17);3-10H,1-2H3/t10-,12?;/m0./s1. The van der Waals surface area contributed by atoms with E-state index in [1.807, 2.05) is 13.0 Å². The zero-order valence-corrected chi connectivity index (χ0v) is 19.1. The smallest absolute Gasteiger partial charge is 0.341 e. The van der Waals surface area contributed by atoms with Gasteiger partial charge in [-0.25, -0.2) is 4.79 Å². The lowest BCUT2D eigenvalue weighted by molar-refractivity contribution is -0.139. The monoisotopic (exact) mass is 418 g/mol. The Hall–Kier alpha value is -2.81. The highest BCUT2D eigenvalue weighted by molar-refractivity contribution is 5.86. The van der Waals surface area contributed by atoms with Crippen LogP contribution in [0.3, 0.4) is 0 Å². The van der Waals surface area contributed by atoms with E-state index in [1.54, 1.807) is 0 Å². The average Bonchev–Trinajstić information content (AvgIpc) is 3.19. The molecule has 4 rings (SSSR count). The molecule has 1 aliphatic rings. The zero-order chi connectivity index (χ0) is 22.4. The van der Waals surface area contributed by atoms with E-state index in [-0.39, 0.29) is 6.61 Å². The summed E-state index contributed by atoms with van der Waals surface area (Å²) in [7, 11) is 0.